The van der Waals surface area contributed by atoms with Gasteiger partial charge in [-0.2, -0.15) is 0 Å². The highest BCUT2D eigenvalue weighted by Gasteiger charge is 2.22. The van der Waals surface area contributed by atoms with Gasteiger partial charge in [0.25, 0.3) is 0 Å². The highest BCUT2D eigenvalue weighted by atomic mass is 16.6. The fourth-order valence-electron chi connectivity index (χ4n) is 1.47. The number of hydrogen-bond acceptors (Lipinski definition) is 3. The minimum absolute atomic E-state index is 0.249. The minimum atomic E-state index is -2.57. The zero-order chi connectivity index (χ0) is 15.1. The van der Waals surface area contributed by atoms with Gasteiger partial charge in [-0.3, -0.25) is 0 Å². The quantitative estimate of drug-likeness (QED) is 0.853. The van der Waals surface area contributed by atoms with E-state index in [0.29, 0.717) is 5.31 Å². The predicted molar refractivity (Wildman–Crippen MR) is 59.7 cm³/mol. The van der Waals surface area contributed by atoms with Gasteiger partial charge in [-0.1, -0.05) is 6.07 Å². The second-order valence-electron chi connectivity index (χ2n) is 3.63. The lowest BCUT2D eigenvalue weighted by Gasteiger charge is -2.11. The van der Waals surface area contributed by atoms with E-state index in [4.69, 9.17) is 10.3 Å². The lowest BCUT2D eigenvalue weighted by Crippen LogP contribution is -2.21. The third-order valence-corrected chi connectivity index (χ3v) is 2.04. The van der Waals surface area contributed by atoms with Gasteiger partial charge in [0.15, 0.2) is 7.49 Å². The zero-order valence-corrected chi connectivity index (χ0v) is 9.11. The first-order valence-electron chi connectivity index (χ1n) is 6.84. The third-order valence-electron chi connectivity index (χ3n) is 2.04. The molecule has 4 nitrogen and oxygen atoms in total. The van der Waals surface area contributed by atoms with Crippen molar-refractivity contribution in [1.82, 2.24) is 5.31 Å². The molecule has 0 spiro atoms. The smallest absolute Gasteiger partial charge is 0.407 e. The Balaban J connectivity index is 2.24. The standard InChI is InChI=1S/C12H15NO3/c1-8-3-9(2)5-10(4-8)15-7-11-6-13-12(14)16-11/h3-5,11H,6-7H2,1-2H3,(H,13,14)/i7D2,11D/hD. The molecule has 2 rings (SSSR count). The van der Waals surface area contributed by atoms with Gasteiger partial charge in [-0.15, -0.1) is 0 Å². The number of alkyl carbamates (subject to hydrolysis) is 1. The summed E-state index contributed by atoms with van der Waals surface area (Å²) in [6.07, 6.45) is -3.34. The number of aryl methyl sites for hydroxylation is 2. The molecule has 0 saturated carbocycles. The van der Waals surface area contributed by atoms with Crippen molar-refractivity contribution in [2.75, 3.05) is 13.1 Å². The van der Waals surface area contributed by atoms with E-state index in [2.05, 4.69) is 4.74 Å². The molecule has 0 aromatic heterocycles. The number of hydrogen-bond donors (Lipinski definition) is 1. The first kappa shape index (κ1) is 6.78. The van der Waals surface area contributed by atoms with Gasteiger partial charge >= 0.3 is 6.09 Å². The van der Waals surface area contributed by atoms with E-state index in [-0.39, 0.29) is 5.75 Å². The molecule has 1 unspecified atom stereocenters. The normalized spacial score (nSPS) is 28.9. The molecule has 1 aromatic rings. The van der Waals surface area contributed by atoms with E-state index in [1.807, 2.05) is 19.9 Å². The summed E-state index contributed by atoms with van der Waals surface area (Å²) in [5.41, 5.74) is 1.78. The molecule has 0 bridgehead atoms. The van der Waals surface area contributed by atoms with Crippen LogP contribution < -0.4 is 10.0 Å². The summed E-state index contributed by atoms with van der Waals surface area (Å²) in [4.78, 5) is 11.2. The molecule has 16 heavy (non-hydrogen) atoms. The van der Waals surface area contributed by atoms with E-state index in [1.54, 1.807) is 12.1 Å². The summed E-state index contributed by atoms with van der Waals surface area (Å²) < 4.78 is 40.7. The van der Waals surface area contributed by atoms with Crippen LogP contribution in [0.25, 0.3) is 0 Å². The van der Waals surface area contributed by atoms with Crippen LogP contribution in [0.4, 0.5) is 4.79 Å². The van der Waals surface area contributed by atoms with Crippen LogP contribution >= 0.6 is 0 Å². The average Bonchev–Trinajstić information content (AvgIpc) is 2.51. The van der Waals surface area contributed by atoms with E-state index < -0.39 is 25.3 Å². The topological polar surface area (TPSA) is 47.6 Å². The van der Waals surface area contributed by atoms with Gasteiger partial charge in [0, 0.05) is 0 Å². The molecule has 1 aliphatic heterocycles. The summed E-state index contributed by atoms with van der Waals surface area (Å²) in [5.74, 6) is 0.249. The van der Waals surface area contributed by atoms with E-state index in [1.165, 1.54) is 0 Å². The van der Waals surface area contributed by atoms with Crippen LogP contribution in [0.15, 0.2) is 18.2 Å². The van der Waals surface area contributed by atoms with Crippen molar-refractivity contribution in [3.8, 4) is 5.75 Å². The maximum Gasteiger partial charge on any atom is 0.407 e. The van der Waals surface area contributed by atoms with Crippen molar-refractivity contribution in [3.63, 3.8) is 0 Å². The molecule has 1 heterocycles. The molecule has 1 aromatic carbocycles. The third kappa shape index (κ3) is 2.66. The van der Waals surface area contributed by atoms with Gasteiger partial charge in [0.05, 0.1) is 10.7 Å². The Kier molecular flexibility index (Phi) is 1.88. The van der Waals surface area contributed by atoms with E-state index in [0.717, 1.165) is 11.1 Å². The average molecular weight is 225 g/mol. The molecule has 86 valence electrons. The van der Waals surface area contributed by atoms with Crippen LogP contribution in [-0.4, -0.2) is 25.3 Å². The Bertz CT molecular complexity index is 531. The first-order valence-corrected chi connectivity index (χ1v) is 4.90. The summed E-state index contributed by atoms with van der Waals surface area (Å²) in [7, 11) is 0. The molecule has 0 radical (unpaired) electrons. The number of benzene rings is 1. The zero-order valence-electron chi connectivity index (χ0n) is 13.1. The lowest BCUT2D eigenvalue weighted by atomic mass is 10.1. The molecule has 1 saturated heterocycles. The second-order valence-corrected chi connectivity index (χ2v) is 3.63. The van der Waals surface area contributed by atoms with Crippen LogP contribution in [-0.2, 0) is 4.74 Å². The molecule has 1 amide bonds. The number of carbonyl (C=O) groups is 1. The molecule has 1 fully saturated rings. The van der Waals surface area contributed by atoms with Crippen molar-refractivity contribution in [2.24, 2.45) is 0 Å². The maximum atomic E-state index is 11.2. The fourth-order valence-corrected chi connectivity index (χ4v) is 1.47. The minimum Gasteiger partial charge on any atom is -0.490 e. The number of nitrogens with one attached hydrogen (secondary N) is 1. The van der Waals surface area contributed by atoms with Crippen LogP contribution in [0, 0.1) is 13.8 Å². The Hall–Kier alpha value is -1.71. The summed E-state index contributed by atoms with van der Waals surface area (Å²) >= 11 is 0. The Labute approximate surface area is 100 Å². The highest BCUT2D eigenvalue weighted by Crippen LogP contribution is 2.16. The number of carbonyl (C=O) groups excluding carboxylic acids is 1. The van der Waals surface area contributed by atoms with E-state index >= 15 is 0 Å². The van der Waals surface area contributed by atoms with Gasteiger partial charge in [-0.05, 0) is 37.1 Å². The van der Waals surface area contributed by atoms with Crippen LogP contribution in [0.5, 0.6) is 5.75 Å². The van der Waals surface area contributed by atoms with Crippen molar-refractivity contribution >= 4 is 6.09 Å². The Morgan fingerprint density at radius 3 is 2.88 bits per heavy atom. The first-order chi connectivity index (χ1) is 9.13. The molecular formula is C12H15NO3. The summed E-state index contributed by atoms with van der Waals surface area (Å²) in [6, 6.07) is 5.16. The lowest BCUT2D eigenvalue weighted by molar-refractivity contribution is 0.105. The second kappa shape index (κ2) is 4.43. The Morgan fingerprint density at radius 2 is 2.31 bits per heavy atom. The van der Waals surface area contributed by atoms with Crippen LogP contribution in [0.3, 0.4) is 0 Å². The molecule has 1 aliphatic rings. The van der Waals surface area contributed by atoms with E-state index in [9.17, 15) is 4.79 Å². The highest BCUT2D eigenvalue weighted by molar-refractivity contribution is 5.69. The van der Waals surface area contributed by atoms with Crippen molar-refractivity contribution < 1.29 is 19.8 Å². The van der Waals surface area contributed by atoms with Gasteiger partial charge < -0.3 is 14.8 Å². The number of ether oxygens (including phenoxy) is 2. The van der Waals surface area contributed by atoms with Gasteiger partial charge in [0.2, 0.25) is 0 Å². The molecule has 1 N–H and O–H groups in total. The Morgan fingerprint density at radius 1 is 1.62 bits per heavy atom. The largest absolute Gasteiger partial charge is 0.490 e. The van der Waals surface area contributed by atoms with Gasteiger partial charge in [-0.25, -0.2) is 4.79 Å². The fraction of sp³-hybridized carbons (Fsp3) is 0.417. The monoisotopic (exact) mass is 225 g/mol. The number of amides is 1. The van der Waals surface area contributed by atoms with Crippen LogP contribution in [0.1, 0.15) is 15.2 Å². The van der Waals surface area contributed by atoms with Crippen molar-refractivity contribution in [2.45, 2.75) is 19.9 Å². The summed E-state index contributed by atoms with van der Waals surface area (Å²) in [5, 5.41) is 0.398. The SMILES string of the molecule is [2H]N1CC([2H])(C([2H])([2H])Oc2cc(C)cc(C)c2)OC1=O. The summed E-state index contributed by atoms with van der Waals surface area (Å²) in [6.45, 7) is 0.586. The molecule has 0 aliphatic carbocycles. The molecular weight excluding hydrogens is 206 g/mol. The van der Waals surface area contributed by atoms with Crippen molar-refractivity contribution in [3.05, 3.63) is 29.3 Å². The maximum absolute atomic E-state index is 11.2. The van der Waals surface area contributed by atoms with Gasteiger partial charge in [0.1, 0.15) is 12.3 Å². The predicted octanol–water partition coefficient (Wildman–Crippen LogP) is 1.79. The van der Waals surface area contributed by atoms with Crippen LogP contribution in [0.2, 0.25) is 1.41 Å². The molecule has 1 atom stereocenters. The van der Waals surface area contributed by atoms with Crippen molar-refractivity contribution in [1.29, 1.82) is 0 Å². The number of rotatable bonds is 3. The molecule has 4 heteroatoms. The number of cyclic esters (lactones) is 1.